The number of carboxylic acids is 1. The van der Waals surface area contributed by atoms with Gasteiger partial charge in [-0.05, 0) is 17.4 Å². The lowest BCUT2D eigenvalue weighted by molar-refractivity contribution is -0.138. The van der Waals surface area contributed by atoms with Gasteiger partial charge in [0.2, 0.25) is 6.73 Å². The van der Waals surface area contributed by atoms with E-state index < -0.39 is 24.5 Å². The van der Waals surface area contributed by atoms with Crippen LogP contribution in [-0.2, 0) is 9.63 Å². The van der Waals surface area contributed by atoms with Crippen LogP contribution in [0.25, 0.3) is 0 Å². The van der Waals surface area contributed by atoms with Crippen LogP contribution in [0.2, 0.25) is 0 Å². The highest BCUT2D eigenvalue weighted by Gasteiger charge is 2.35. The molecule has 0 radical (unpaired) electrons. The van der Waals surface area contributed by atoms with Gasteiger partial charge in [0.05, 0.1) is 11.1 Å². The van der Waals surface area contributed by atoms with Crippen LogP contribution < -0.4 is 0 Å². The molecule has 0 atom stereocenters. The number of aliphatic carboxylic acids is 1. The average Bonchev–Trinajstić information content (AvgIpc) is 2.68. The zero-order valence-corrected chi connectivity index (χ0v) is 11.1. The highest BCUT2D eigenvalue weighted by molar-refractivity contribution is 6.21. The van der Waals surface area contributed by atoms with Crippen molar-refractivity contribution in [2.75, 3.05) is 20.3 Å². The number of likely N-dealkylation sites (N-methyl/N-ethyl adjacent to an activating group) is 1. The number of rotatable bonds is 6. The molecule has 1 aromatic carbocycles. The van der Waals surface area contributed by atoms with Crippen LogP contribution in [0.3, 0.4) is 0 Å². The molecule has 110 valence electrons. The summed E-state index contributed by atoms with van der Waals surface area (Å²) < 4.78 is 0. The van der Waals surface area contributed by atoms with E-state index in [0.29, 0.717) is 11.1 Å². The van der Waals surface area contributed by atoms with Gasteiger partial charge in [-0.25, -0.2) is 4.90 Å². The van der Waals surface area contributed by atoms with Crippen LogP contribution in [0, 0.1) is 0 Å². The average molecular weight is 292 g/mol. The molecule has 1 aromatic rings. The third kappa shape index (κ3) is 3.14. The summed E-state index contributed by atoms with van der Waals surface area (Å²) >= 11 is 0. The molecule has 2 rings (SSSR count). The maximum Gasteiger partial charge on any atom is 0.324 e. The summed E-state index contributed by atoms with van der Waals surface area (Å²) in [6.45, 7) is -0.739. The first-order valence-electron chi connectivity index (χ1n) is 5.92. The number of carbonyl (C=O) groups is 3. The number of amides is 2. The molecule has 9 nitrogen and oxygen atoms in total. The van der Waals surface area contributed by atoms with E-state index in [-0.39, 0.29) is 6.54 Å². The molecule has 1 heterocycles. The third-order valence-electron chi connectivity index (χ3n) is 2.68. The Balaban J connectivity index is 1.91. The Morgan fingerprint density at radius 2 is 1.86 bits per heavy atom. The summed E-state index contributed by atoms with van der Waals surface area (Å²) in [4.78, 5) is 39.9. The standard InChI is InChI=1S/C12H12N4O5/c1-15(6-10(17)18)13-14-21-7-16-11(19)8-4-2-3-5-9(8)12(16)20/h2-5H,6-7H2,1H3,(H,17,18)/b14-13+. The van der Waals surface area contributed by atoms with Crippen molar-refractivity contribution in [2.45, 2.75) is 0 Å². The van der Waals surface area contributed by atoms with Crippen LogP contribution in [-0.4, -0.2) is 53.1 Å². The number of nitrogens with zero attached hydrogens (tertiary/aromatic N) is 4. The molecule has 9 heteroatoms. The van der Waals surface area contributed by atoms with Gasteiger partial charge in [0.15, 0.2) is 0 Å². The molecule has 0 fully saturated rings. The molecule has 0 aromatic heterocycles. The summed E-state index contributed by atoms with van der Waals surface area (Å²) in [5.74, 6) is -2.01. The van der Waals surface area contributed by atoms with Crippen molar-refractivity contribution < 1.29 is 24.3 Å². The highest BCUT2D eigenvalue weighted by atomic mass is 16.7. The van der Waals surface area contributed by atoms with Crippen molar-refractivity contribution in [1.29, 1.82) is 0 Å². The fraction of sp³-hybridized carbons (Fsp3) is 0.250. The first kappa shape index (κ1) is 14.4. The minimum atomic E-state index is -1.07. The lowest BCUT2D eigenvalue weighted by atomic mass is 10.1. The number of benzene rings is 1. The second-order valence-electron chi connectivity index (χ2n) is 4.22. The quantitative estimate of drug-likeness (QED) is 0.465. The van der Waals surface area contributed by atoms with E-state index in [1.54, 1.807) is 24.3 Å². The van der Waals surface area contributed by atoms with Gasteiger partial charge in [-0.15, -0.1) is 0 Å². The number of hydrogen-bond donors (Lipinski definition) is 1. The van der Waals surface area contributed by atoms with Crippen molar-refractivity contribution in [3.63, 3.8) is 0 Å². The topological polar surface area (TPSA) is 112 Å². The van der Waals surface area contributed by atoms with E-state index in [0.717, 1.165) is 9.91 Å². The molecule has 0 aliphatic carbocycles. The van der Waals surface area contributed by atoms with Crippen LogP contribution in [0.4, 0.5) is 0 Å². The van der Waals surface area contributed by atoms with Crippen molar-refractivity contribution in [3.8, 4) is 0 Å². The van der Waals surface area contributed by atoms with Gasteiger partial charge in [-0.1, -0.05) is 12.1 Å². The number of carboxylic acid groups (broad SMARTS) is 1. The Morgan fingerprint density at radius 3 is 2.38 bits per heavy atom. The Bertz CT molecular complexity index is 580. The van der Waals surface area contributed by atoms with Crippen molar-refractivity contribution in [2.24, 2.45) is 10.5 Å². The Kier molecular flexibility index (Phi) is 4.12. The number of hydrogen-bond acceptors (Lipinski definition) is 6. The molecule has 2 amide bonds. The monoisotopic (exact) mass is 292 g/mol. The summed E-state index contributed by atoms with van der Waals surface area (Å²) in [6.07, 6.45) is 0. The lowest BCUT2D eigenvalue weighted by Crippen LogP contribution is -2.31. The van der Waals surface area contributed by atoms with Crippen molar-refractivity contribution in [3.05, 3.63) is 35.4 Å². The fourth-order valence-corrected chi connectivity index (χ4v) is 1.76. The molecule has 1 aliphatic rings. The normalized spacial score (nSPS) is 13.7. The molecule has 0 saturated carbocycles. The molecular weight excluding hydrogens is 280 g/mol. The van der Waals surface area contributed by atoms with Gasteiger partial charge in [0.25, 0.3) is 11.8 Å². The Hall–Kier alpha value is -2.97. The number of imide groups is 1. The number of fused-ring (bicyclic) bond motifs is 1. The summed E-state index contributed by atoms with van der Waals surface area (Å²) in [5.41, 5.74) is 0.622. The predicted octanol–water partition coefficient (Wildman–Crippen LogP) is 0.555. The molecule has 1 N–H and O–H groups in total. The van der Waals surface area contributed by atoms with E-state index in [9.17, 15) is 14.4 Å². The Labute approximate surface area is 119 Å². The van der Waals surface area contributed by atoms with Gasteiger partial charge in [-0.2, -0.15) is 0 Å². The maximum absolute atomic E-state index is 11.9. The second-order valence-corrected chi connectivity index (χ2v) is 4.22. The summed E-state index contributed by atoms with van der Waals surface area (Å²) in [5, 5.41) is 16.2. The van der Waals surface area contributed by atoms with Gasteiger partial charge in [0, 0.05) is 12.3 Å². The molecule has 0 saturated heterocycles. The maximum atomic E-state index is 11.9. The molecule has 0 unspecified atom stereocenters. The van der Waals surface area contributed by atoms with E-state index >= 15 is 0 Å². The molecular formula is C12H12N4O5. The van der Waals surface area contributed by atoms with Crippen LogP contribution in [0.5, 0.6) is 0 Å². The first-order chi connectivity index (χ1) is 10.0. The highest BCUT2D eigenvalue weighted by Crippen LogP contribution is 2.21. The van der Waals surface area contributed by atoms with E-state index in [2.05, 4.69) is 10.5 Å². The van der Waals surface area contributed by atoms with Crippen LogP contribution in [0.1, 0.15) is 20.7 Å². The largest absolute Gasteiger partial charge is 0.480 e. The second kappa shape index (κ2) is 5.99. The lowest BCUT2D eigenvalue weighted by Gasteiger charge is -2.11. The fourth-order valence-electron chi connectivity index (χ4n) is 1.76. The van der Waals surface area contributed by atoms with Crippen LogP contribution >= 0.6 is 0 Å². The molecule has 0 spiro atoms. The van der Waals surface area contributed by atoms with Gasteiger partial charge >= 0.3 is 5.97 Å². The van der Waals surface area contributed by atoms with Crippen molar-refractivity contribution in [1.82, 2.24) is 9.91 Å². The summed E-state index contributed by atoms with van der Waals surface area (Å²) in [6, 6.07) is 6.43. The zero-order valence-electron chi connectivity index (χ0n) is 11.1. The van der Waals surface area contributed by atoms with E-state index in [1.807, 2.05) is 0 Å². The SMILES string of the molecule is CN(CC(=O)O)/N=N/OCN1C(=O)c2ccccc2C1=O. The van der Waals surface area contributed by atoms with E-state index in [1.165, 1.54) is 7.05 Å². The zero-order chi connectivity index (χ0) is 15.4. The minimum Gasteiger partial charge on any atom is -0.480 e. The molecule has 0 bridgehead atoms. The summed E-state index contributed by atoms with van der Waals surface area (Å²) in [7, 11) is 1.39. The smallest absolute Gasteiger partial charge is 0.324 e. The third-order valence-corrected chi connectivity index (χ3v) is 2.68. The first-order valence-corrected chi connectivity index (χ1v) is 5.92. The van der Waals surface area contributed by atoms with Gasteiger partial charge in [-0.3, -0.25) is 19.4 Å². The Morgan fingerprint density at radius 1 is 1.29 bits per heavy atom. The number of carbonyl (C=O) groups excluding carboxylic acids is 2. The van der Waals surface area contributed by atoms with Crippen molar-refractivity contribution >= 4 is 17.8 Å². The molecule has 21 heavy (non-hydrogen) atoms. The van der Waals surface area contributed by atoms with E-state index in [4.69, 9.17) is 9.94 Å². The minimum absolute atomic E-state index is 0.311. The van der Waals surface area contributed by atoms with Gasteiger partial charge in [0.1, 0.15) is 6.54 Å². The molecule has 1 aliphatic heterocycles. The van der Waals surface area contributed by atoms with Gasteiger partial charge < -0.3 is 9.94 Å². The predicted molar refractivity (Wildman–Crippen MR) is 68.0 cm³/mol. The van der Waals surface area contributed by atoms with Crippen LogP contribution in [0.15, 0.2) is 34.8 Å².